The van der Waals surface area contributed by atoms with Crippen molar-refractivity contribution in [1.29, 1.82) is 0 Å². The number of hydrogen-bond donors (Lipinski definition) is 4. The molecule has 0 saturated carbocycles. The van der Waals surface area contributed by atoms with E-state index in [-0.39, 0.29) is 12.6 Å². The highest BCUT2D eigenvalue weighted by atomic mass is 16.5. The maximum absolute atomic E-state index is 11.4. The molecule has 8 heteroatoms. The Balaban J connectivity index is 4.10. The van der Waals surface area contributed by atoms with Crippen molar-refractivity contribution in [2.24, 2.45) is 5.73 Å². The van der Waals surface area contributed by atoms with Gasteiger partial charge < -0.3 is 26.2 Å². The fourth-order valence-corrected chi connectivity index (χ4v) is 1.19. The van der Waals surface area contributed by atoms with Crippen molar-refractivity contribution in [3.8, 4) is 0 Å². The van der Waals surface area contributed by atoms with Crippen molar-refractivity contribution in [2.45, 2.75) is 32.4 Å². The predicted molar refractivity (Wildman–Crippen MR) is 62.9 cm³/mol. The summed E-state index contributed by atoms with van der Waals surface area (Å²) in [5.74, 6) is -2.12. The van der Waals surface area contributed by atoms with Crippen LogP contribution in [0.25, 0.3) is 0 Å². The molecule has 0 aromatic carbocycles. The molecule has 0 heterocycles. The van der Waals surface area contributed by atoms with E-state index in [4.69, 9.17) is 15.6 Å². The number of urea groups is 1. The number of carboxylic acid groups (broad SMARTS) is 1. The van der Waals surface area contributed by atoms with Gasteiger partial charge in [0.15, 0.2) is 0 Å². The number of rotatable bonds is 8. The lowest BCUT2D eigenvalue weighted by molar-refractivity contribution is -0.140. The molecule has 0 spiro atoms. The number of primary amides is 1. The second-order valence-electron chi connectivity index (χ2n) is 3.68. The number of ether oxygens (including phenoxy) is 1. The van der Waals surface area contributed by atoms with Crippen molar-refractivity contribution >= 4 is 17.9 Å². The largest absolute Gasteiger partial charge is 0.480 e. The van der Waals surface area contributed by atoms with Crippen molar-refractivity contribution < 1.29 is 24.2 Å². The van der Waals surface area contributed by atoms with Crippen LogP contribution in [0.4, 0.5) is 4.79 Å². The lowest BCUT2D eigenvalue weighted by Gasteiger charge is -2.16. The van der Waals surface area contributed by atoms with Gasteiger partial charge in [0.2, 0.25) is 5.91 Å². The minimum Gasteiger partial charge on any atom is -0.480 e. The summed E-state index contributed by atoms with van der Waals surface area (Å²) in [6.45, 7) is 4.35. The first kappa shape index (κ1) is 16.2. The van der Waals surface area contributed by atoms with Crippen molar-refractivity contribution in [2.75, 3.05) is 13.2 Å². The van der Waals surface area contributed by atoms with Crippen LogP contribution < -0.4 is 16.4 Å². The Hall–Kier alpha value is -1.83. The molecule has 0 fully saturated rings. The van der Waals surface area contributed by atoms with E-state index in [2.05, 4.69) is 10.6 Å². The third-order valence-electron chi connectivity index (χ3n) is 2.01. The molecule has 0 radical (unpaired) electrons. The monoisotopic (exact) mass is 261 g/mol. The highest BCUT2D eigenvalue weighted by Crippen LogP contribution is 1.92. The van der Waals surface area contributed by atoms with Gasteiger partial charge in [0, 0.05) is 13.2 Å². The molecule has 0 rings (SSSR count). The predicted octanol–water partition coefficient (Wildman–Crippen LogP) is -0.961. The number of amides is 3. The average molecular weight is 261 g/mol. The van der Waals surface area contributed by atoms with Gasteiger partial charge >= 0.3 is 12.0 Å². The highest BCUT2D eigenvalue weighted by Gasteiger charge is 2.22. The maximum Gasteiger partial charge on any atom is 0.326 e. The van der Waals surface area contributed by atoms with Crippen LogP contribution in [-0.4, -0.2) is 48.3 Å². The van der Waals surface area contributed by atoms with Gasteiger partial charge in [-0.3, -0.25) is 4.79 Å². The Morgan fingerprint density at radius 3 is 2.44 bits per heavy atom. The number of carbonyl (C=O) groups is 3. The molecule has 0 bridgehead atoms. The van der Waals surface area contributed by atoms with E-state index in [9.17, 15) is 14.4 Å². The summed E-state index contributed by atoms with van der Waals surface area (Å²) in [6.07, 6.45) is -0.635. The van der Waals surface area contributed by atoms with E-state index in [0.717, 1.165) is 0 Å². The van der Waals surface area contributed by atoms with Crippen LogP contribution >= 0.6 is 0 Å². The zero-order chi connectivity index (χ0) is 14.1. The van der Waals surface area contributed by atoms with Crippen LogP contribution in [0.2, 0.25) is 0 Å². The third kappa shape index (κ3) is 7.44. The molecule has 18 heavy (non-hydrogen) atoms. The number of carboxylic acids is 1. The minimum atomic E-state index is -1.33. The number of carbonyl (C=O) groups excluding carboxylic acids is 2. The fourth-order valence-electron chi connectivity index (χ4n) is 1.19. The van der Waals surface area contributed by atoms with Gasteiger partial charge in [-0.2, -0.15) is 0 Å². The summed E-state index contributed by atoms with van der Waals surface area (Å²) in [5, 5.41) is 13.3. The summed E-state index contributed by atoms with van der Waals surface area (Å²) < 4.78 is 5.18. The van der Waals surface area contributed by atoms with E-state index in [0.29, 0.717) is 6.61 Å². The van der Waals surface area contributed by atoms with Gasteiger partial charge in [-0.15, -0.1) is 0 Å². The lowest BCUT2D eigenvalue weighted by Crippen LogP contribution is -2.49. The lowest BCUT2D eigenvalue weighted by atomic mass is 10.2. The van der Waals surface area contributed by atoms with Crippen LogP contribution in [0.5, 0.6) is 0 Å². The number of hydrogen-bond acceptors (Lipinski definition) is 4. The van der Waals surface area contributed by atoms with E-state index in [1.807, 2.05) is 6.92 Å². The molecule has 2 atom stereocenters. The molecule has 0 aromatic heterocycles. The van der Waals surface area contributed by atoms with E-state index in [1.54, 1.807) is 6.92 Å². The molecule has 2 unspecified atom stereocenters. The first-order chi connectivity index (χ1) is 8.36. The summed E-state index contributed by atoms with van der Waals surface area (Å²) in [6, 6.07) is -2.01. The summed E-state index contributed by atoms with van der Waals surface area (Å²) in [5.41, 5.74) is 4.87. The van der Waals surface area contributed by atoms with Gasteiger partial charge in [-0.1, -0.05) is 0 Å². The van der Waals surface area contributed by atoms with E-state index < -0.39 is 30.4 Å². The number of nitrogens with two attached hydrogens (primary N) is 1. The van der Waals surface area contributed by atoms with Gasteiger partial charge in [0.1, 0.15) is 6.04 Å². The minimum absolute atomic E-state index is 0.180. The van der Waals surface area contributed by atoms with Gasteiger partial charge in [-0.05, 0) is 13.8 Å². The molecule has 0 aliphatic rings. The van der Waals surface area contributed by atoms with E-state index in [1.165, 1.54) is 0 Å². The van der Waals surface area contributed by atoms with Crippen LogP contribution in [0.3, 0.4) is 0 Å². The van der Waals surface area contributed by atoms with Gasteiger partial charge in [-0.25, -0.2) is 9.59 Å². The maximum atomic E-state index is 11.4. The Labute approximate surface area is 105 Å². The molecule has 3 amide bonds. The average Bonchev–Trinajstić information content (AvgIpc) is 2.25. The Morgan fingerprint density at radius 1 is 1.39 bits per heavy atom. The molecule has 5 N–H and O–H groups in total. The molecular weight excluding hydrogens is 242 g/mol. The molecule has 104 valence electrons. The topological polar surface area (TPSA) is 131 Å². The van der Waals surface area contributed by atoms with Crippen LogP contribution in [0.15, 0.2) is 0 Å². The zero-order valence-corrected chi connectivity index (χ0v) is 10.4. The molecule has 0 aromatic rings. The Bertz CT molecular complexity index is 308. The SMILES string of the molecule is CCOC(C)CNC(=O)NC(CC(N)=O)C(=O)O. The van der Waals surface area contributed by atoms with Crippen LogP contribution in [-0.2, 0) is 14.3 Å². The zero-order valence-electron chi connectivity index (χ0n) is 10.4. The van der Waals surface area contributed by atoms with Gasteiger partial charge in [0.25, 0.3) is 0 Å². The Morgan fingerprint density at radius 2 is 2.00 bits per heavy atom. The molecular formula is C10H19N3O5. The van der Waals surface area contributed by atoms with Crippen LogP contribution in [0, 0.1) is 0 Å². The summed E-state index contributed by atoms with van der Waals surface area (Å²) in [4.78, 5) is 32.7. The van der Waals surface area contributed by atoms with Crippen molar-refractivity contribution in [3.05, 3.63) is 0 Å². The van der Waals surface area contributed by atoms with Crippen LogP contribution in [0.1, 0.15) is 20.3 Å². The molecule has 0 saturated heterocycles. The first-order valence-electron chi connectivity index (χ1n) is 5.53. The fraction of sp³-hybridized carbons (Fsp3) is 0.700. The van der Waals surface area contributed by atoms with E-state index >= 15 is 0 Å². The third-order valence-corrected chi connectivity index (χ3v) is 2.01. The standard InChI is InChI=1S/C10H19N3O5/c1-3-18-6(2)5-12-10(17)13-7(9(15)16)4-8(11)14/h6-7H,3-5H2,1-2H3,(H2,11,14)(H,15,16)(H2,12,13,17). The highest BCUT2D eigenvalue weighted by molar-refractivity contribution is 5.87. The first-order valence-corrected chi connectivity index (χ1v) is 5.53. The summed E-state index contributed by atoms with van der Waals surface area (Å²) >= 11 is 0. The second-order valence-corrected chi connectivity index (χ2v) is 3.68. The number of nitrogens with one attached hydrogen (secondary N) is 2. The quantitative estimate of drug-likeness (QED) is 0.447. The Kier molecular flexibility index (Phi) is 7.45. The smallest absolute Gasteiger partial charge is 0.326 e. The van der Waals surface area contributed by atoms with Gasteiger partial charge in [0.05, 0.1) is 12.5 Å². The molecule has 0 aliphatic carbocycles. The van der Waals surface area contributed by atoms with Crippen molar-refractivity contribution in [1.82, 2.24) is 10.6 Å². The summed E-state index contributed by atoms with van der Waals surface area (Å²) in [7, 11) is 0. The molecule has 0 aliphatic heterocycles. The number of aliphatic carboxylic acids is 1. The second kappa shape index (κ2) is 8.29. The normalized spacial score (nSPS) is 13.4. The molecule has 8 nitrogen and oxygen atoms in total. The van der Waals surface area contributed by atoms with Crippen molar-refractivity contribution in [3.63, 3.8) is 0 Å².